The van der Waals surface area contributed by atoms with Crippen molar-refractivity contribution in [2.75, 3.05) is 0 Å². The molecule has 0 N–H and O–H groups in total. The SMILES string of the molecule is CC(OC(=O)c1ccc(COc2ccccc2)o1)C(=O)c1ccc(Br)cc1. The maximum Gasteiger partial charge on any atom is 0.374 e. The molecule has 138 valence electrons. The monoisotopic (exact) mass is 428 g/mol. The first-order chi connectivity index (χ1) is 13.0. The summed E-state index contributed by atoms with van der Waals surface area (Å²) < 4.78 is 17.1. The first-order valence-electron chi connectivity index (χ1n) is 8.30. The molecular weight excluding hydrogens is 412 g/mol. The highest BCUT2D eigenvalue weighted by Gasteiger charge is 2.22. The van der Waals surface area contributed by atoms with Gasteiger partial charge in [0.2, 0.25) is 11.5 Å². The van der Waals surface area contributed by atoms with Crippen molar-refractivity contribution >= 4 is 27.7 Å². The number of halogens is 1. The molecule has 27 heavy (non-hydrogen) atoms. The van der Waals surface area contributed by atoms with Crippen LogP contribution in [0.1, 0.15) is 33.6 Å². The van der Waals surface area contributed by atoms with Crippen molar-refractivity contribution < 1.29 is 23.5 Å². The fourth-order valence-corrected chi connectivity index (χ4v) is 2.62. The smallest absolute Gasteiger partial charge is 0.374 e. The summed E-state index contributed by atoms with van der Waals surface area (Å²) in [4.78, 5) is 24.6. The van der Waals surface area contributed by atoms with E-state index in [1.54, 1.807) is 30.3 Å². The van der Waals surface area contributed by atoms with E-state index in [0.29, 0.717) is 17.1 Å². The van der Waals surface area contributed by atoms with E-state index in [1.165, 1.54) is 13.0 Å². The summed E-state index contributed by atoms with van der Waals surface area (Å²) in [6, 6.07) is 19.3. The molecule has 0 saturated carbocycles. The van der Waals surface area contributed by atoms with Gasteiger partial charge in [-0.2, -0.15) is 0 Å². The number of para-hydroxylation sites is 1. The van der Waals surface area contributed by atoms with E-state index >= 15 is 0 Å². The fourth-order valence-electron chi connectivity index (χ4n) is 2.36. The molecule has 0 aliphatic carbocycles. The molecule has 1 aromatic heterocycles. The summed E-state index contributed by atoms with van der Waals surface area (Å²) in [5.74, 6) is 0.232. The molecule has 0 aliphatic rings. The van der Waals surface area contributed by atoms with E-state index in [0.717, 1.165) is 4.47 Å². The predicted octanol–water partition coefficient (Wildman–Crippen LogP) is 5.05. The minimum Gasteiger partial charge on any atom is -0.486 e. The summed E-state index contributed by atoms with van der Waals surface area (Å²) in [7, 11) is 0. The number of ketones is 1. The summed E-state index contributed by atoms with van der Waals surface area (Å²) in [6.07, 6.45) is -0.923. The molecule has 0 radical (unpaired) electrons. The number of carbonyl (C=O) groups is 2. The van der Waals surface area contributed by atoms with Crippen LogP contribution in [0.25, 0.3) is 0 Å². The number of ether oxygens (including phenoxy) is 2. The van der Waals surface area contributed by atoms with Gasteiger partial charge in [0.25, 0.3) is 0 Å². The lowest BCUT2D eigenvalue weighted by Gasteiger charge is -2.11. The van der Waals surface area contributed by atoms with Crippen LogP contribution in [0.3, 0.4) is 0 Å². The lowest BCUT2D eigenvalue weighted by molar-refractivity contribution is 0.0286. The van der Waals surface area contributed by atoms with Crippen LogP contribution in [0.2, 0.25) is 0 Å². The minimum absolute atomic E-state index is 0.0251. The third-order valence-electron chi connectivity index (χ3n) is 3.77. The molecule has 1 unspecified atom stereocenters. The number of hydrogen-bond acceptors (Lipinski definition) is 5. The Morgan fingerprint density at radius 3 is 2.41 bits per heavy atom. The molecule has 0 saturated heterocycles. The first kappa shape index (κ1) is 18.9. The van der Waals surface area contributed by atoms with Gasteiger partial charge in [0.15, 0.2) is 6.10 Å². The molecule has 3 rings (SSSR count). The number of furan rings is 1. The van der Waals surface area contributed by atoms with E-state index in [2.05, 4.69) is 15.9 Å². The van der Waals surface area contributed by atoms with Crippen molar-refractivity contribution in [3.8, 4) is 5.75 Å². The summed E-state index contributed by atoms with van der Waals surface area (Å²) in [5.41, 5.74) is 0.467. The maximum atomic E-state index is 12.3. The van der Waals surface area contributed by atoms with Crippen molar-refractivity contribution in [2.45, 2.75) is 19.6 Å². The Morgan fingerprint density at radius 2 is 1.70 bits per heavy atom. The molecule has 0 spiro atoms. The van der Waals surface area contributed by atoms with Crippen molar-refractivity contribution in [3.63, 3.8) is 0 Å². The van der Waals surface area contributed by atoms with Gasteiger partial charge >= 0.3 is 5.97 Å². The third kappa shape index (κ3) is 5.08. The van der Waals surface area contributed by atoms with Crippen molar-refractivity contribution in [3.05, 3.63) is 88.3 Å². The van der Waals surface area contributed by atoms with Gasteiger partial charge in [-0.1, -0.05) is 46.3 Å². The van der Waals surface area contributed by atoms with Crippen LogP contribution in [0, 0.1) is 0 Å². The highest BCUT2D eigenvalue weighted by molar-refractivity contribution is 9.10. The number of esters is 1. The van der Waals surface area contributed by atoms with Crippen LogP contribution in [-0.2, 0) is 11.3 Å². The predicted molar refractivity (Wildman–Crippen MR) is 103 cm³/mol. The van der Waals surface area contributed by atoms with Crippen LogP contribution in [0.15, 0.2) is 75.6 Å². The molecular formula is C21H17BrO5. The molecule has 0 fully saturated rings. The van der Waals surface area contributed by atoms with Gasteiger partial charge in [0.05, 0.1) is 0 Å². The van der Waals surface area contributed by atoms with Crippen LogP contribution >= 0.6 is 15.9 Å². The molecule has 0 bridgehead atoms. The van der Waals surface area contributed by atoms with Gasteiger partial charge in [-0.05, 0) is 43.3 Å². The van der Waals surface area contributed by atoms with Crippen molar-refractivity contribution in [1.29, 1.82) is 0 Å². The van der Waals surface area contributed by atoms with Crippen LogP contribution < -0.4 is 4.74 Å². The Morgan fingerprint density at radius 1 is 1.00 bits per heavy atom. The van der Waals surface area contributed by atoms with Crippen molar-refractivity contribution in [1.82, 2.24) is 0 Å². The average molecular weight is 429 g/mol. The van der Waals surface area contributed by atoms with Gasteiger partial charge in [0, 0.05) is 10.0 Å². The van der Waals surface area contributed by atoms with Gasteiger partial charge in [-0.3, -0.25) is 4.79 Å². The van der Waals surface area contributed by atoms with Gasteiger partial charge in [0.1, 0.15) is 18.1 Å². The van der Waals surface area contributed by atoms with E-state index in [1.807, 2.05) is 30.3 Å². The zero-order valence-corrected chi connectivity index (χ0v) is 16.1. The van der Waals surface area contributed by atoms with Gasteiger partial charge in [-0.15, -0.1) is 0 Å². The molecule has 6 heteroatoms. The molecule has 3 aromatic rings. The quantitative estimate of drug-likeness (QED) is 0.389. The second kappa shape index (κ2) is 8.68. The van der Waals surface area contributed by atoms with Gasteiger partial charge in [-0.25, -0.2) is 4.79 Å². The minimum atomic E-state index is -0.923. The lowest BCUT2D eigenvalue weighted by atomic mass is 10.1. The number of hydrogen-bond donors (Lipinski definition) is 0. The number of benzene rings is 2. The number of rotatable bonds is 7. The van der Waals surface area contributed by atoms with E-state index in [4.69, 9.17) is 13.9 Å². The Balaban J connectivity index is 1.57. The number of carbonyl (C=O) groups excluding carboxylic acids is 2. The molecule has 0 aliphatic heterocycles. The fraction of sp³-hybridized carbons (Fsp3) is 0.143. The summed E-state index contributed by atoms with van der Waals surface area (Å²) in [5, 5.41) is 0. The number of Topliss-reactive ketones (excluding diaryl/α,β-unsaturated/α-hetero) is 1. The molecule has 5 nitrogen and oxygen atoms in total. The zero-order valence-electron chi connectivity index (χ0n) is 14.6. The molecule has 1 atom stereocenters. The first-order valence-corrected chi connectivity index (χ1v) is 9.09. The Kier molecular flexibility index (Phi) is 6.08. The van der Waals surface area contributed by atoms with E-state index in [-0.39, 0.29) is 18.2 Å². The zero-order chi connectivity index (χ0) is 19.2. The van der Waals surface area contributed by atoms with Crippen LogP contribution in [0.4, 0.5) is 0 Å². The van der Waals surface area contributed by atoms with Crippen LogP contribution in [0.5, 0.6) is 5.75 Å². The topological polar surface area (TPSA) is 65.7 Å². The second-order valence-corrected chi connectivity index (χ2v) is 6.70. The second-order valence-electron chi connectivity index (χ2n) is 5.79. The lowest BCUT2D eigenvalue weighted by Crippen LogP contribution is -2.24. The maximum absolute atomic E-state index is 12.3. The highest BCUT2D eigenvalue weighted by atomic mass is 79.9. The molecule has 1 heterocycles. The third-order valence-corrected chi connectivity index (χ3v) is 4.30. The Bertz CT molecular complexity index is 915. The molecule has 0 amide bonds. The summed E-state index contributed by atoms with van der Waals surface area (Å²) in [6.45, 7) is 1.72. The van der Waals surface area contributed by atoms with Crippen molar-refractivity contribution in [2.24, 2.45) is 0 Å². The summed E-state index contributed by atoms with van der Waals surface area (Å²) >= 11 is 3.31. The van der Waals surface area contributed by atoms with E-state index < -0.39 is 12.1 Å². The Hall–Kier alpha value is -2.86. The van der Waals surface area contributed by atoms with Gasteiger partial charge < -0.3 is 13.9 Å². The highest BCUT2D eigenvalue weighted by Crippen LogP contribution is 2.17. The van der Waals surface area contributed by atoms with E-state index in [9.17, 15) is 9.59 Å². The largest absolute Gasteiger partial charge is 0.486 e. The van der Waals surface area contributed by atoms with Crippen LogP contribution in [-0.4, -0.2) is 17.9 Å². The average Bonchev–Trinajstić information content (AvgIpc) is 3.16. The molecule has 2 aromatic carbocycles. The standard InChI is InChI=1S/C21H17BrO5/c1-14(20(23)15-7-9-16(22)10-8-15)26-21(24)19-12-11-18(27-19)13-25-17-5-3-2-4-6-17/h2-12,14H,13H2,1H3. The Labute approximate surface area is 165 Å². The normalized spacial score (nSPS) is 11.6.